The van der Waals surface area contributed by atoms with Gasteiger partial charge in [0.1, 0.15) is 18.2 Å². The minimum atomic E-state index is -0.616. The van der Waals surface area contributed by atoms with E-state index in [2.05, 4.69) is 15.5 Å². The Balaban J connectivity index is 1.56. The van der Waals surface area contributed by atoms with Crippen molar-refractivity contribution in [3.8, 4) is 5.75 Å². The monoisotopic (exact) mass is 387 g/mol. The molecule has 2 aromatic carbocycles. The van der Waals surface area contributed by atoms with Gasteiger partial charge in [-0.05, 0) is 48.5 Å². The smallest absolute Gasteiger partial charge is 0.338 e. The van der Waals surface area contributed by atoms with Gasteiger partial charge in [-0.3, -0.25) is 4.79 Å². The maximum absolute atomic E-state index is 12.9. The Morgan fingerprint density at radius 1 is 1.07 bits per heavy atom. The Kier molecular flexibility index (Phi) is 5.72. The Bertz CT molecular complexity index is 942. The summed E-state index contributed by atoms with van der Waals surface area (Å²) < 4.78 is 23.0. The number of hydrogen-bond donors (Lipinski definition) is 1. The summed E-state index contributed by atoms with van der Waals surface area (Å²) in [6, 6.07) is 11.8. The van der Waals surface area contributed by atoms with Crippen LogP contribution in [0.4, 0.5) is 10.1 Å². The number of rotatable bonds is 6. The first kappa shape index (κ1) is 18.5. The minimum absolute atomic E-state index is 0.135. The third-order valence-corrected chi connectivity index (χ3v) is 4.31. The van der Waals surface area contributed by atoms with Crippen molar-refractivity contribution in [3.63, 3.8) is 0 Å². The van der Waals surface area contributed by atoms with E-state index in [1.165, 1.54) is 24.3 Å². The summed E-state index contributed by atoms with van der Waals surface area (Å²) in [5, 5.41) is 10.8. The van der Waals surface area contributed by atoms with E-state index in [0.717, 1.165) is 11.3 Å². The molecule has 0 spiro atoms. The van der Waals surface area contributed by atoms with Crippen molar-refractivity contribution in [1.29, 1.82) is 0 Å². The van der Waals surface area contributed by atoms with Crippen LogP contribution in [0.1, 0.15) is 25.2 Å². The summed E-state index contributed by atoms with van der Waals surface area (Å²) in [4.78, 5) is 24.1. The summed E-state index contributed by atoms with van der Waals surface area (Å²) >= 11 is 1.01. The molecule has 1 N–H and O–H groups in total. The van der Waals surface area contributed by atoms with Gasteiger partial charge in [0.05, 0.1) is 12.7 Å². The van der Waals surface area contributed by atoms with Crippen LogP contribution in [0.15, 0.2) is 48.5 Å². The molecule has 0 aliphatic rings. The molecule has 0 saturated heterocycles. The Labute approximate surface area is 157 Å². The number of aromatic nitrogens is 2. The molecule has 3 aromatic rings. The second-order valence-electron chi connectivity index (χ2n) is 5.27. The second kappa shape index (κ2) is 8.37. The lowest BCUT2D eigenvalue weighted by atomic mass is 10.2. The highest BCUT2D eigenvalue weighted by Gasteiger charge is 2.15. The minimum Gasteiger partial charge on any atom is -0.497 e. The molecule has 27 heavy (non-hydrogen) atoms. The summed E-state index contributed by atoms with van der Waals surface area (Å²) in [6.45, 7) is -0.135. The summed E-state index contributed by atoms with van der Waals surface area (Å²) in [6.07, 6.45) is 0. The van der Waals surface area contributed by atoms with Gasteiger partial charge in [-0.2, -0.15) is 0 Å². The van der Waals surface area contributed by atoms with Crippen LogP contribution in [0.25, 0.3) is 0 Å². The lowest BCUT2D eigenvalue weighted by Gasteiger charge is -2.04. The van der Waals surface area contributed by atoms with E-state index in [0.29, 0.717) is 16.4 Å². The molecule has 138 valence electrons. The zero-order valence-electron chi connectivity index (χ0n) is 14.1. The molecule has 1 aromatic heterocycles. The van der Waals surface area contributed by atoms with Gasteiger partial charge in [-0.15, -0.1) is 10.2 Å². The van der Waals surface area contributed by atoms with Crippen LogP contribution in [0.5, 0.6) is 5.75 Å². The number of carbonyl (C=O) groups is 2. The number of esters is 1. The lowest BCUT2D eigenvalue weighted by Crippen LogP contribution is -2.11. The topological polar surface area (TPSA) is 90.4 Å². The Hall–Kier alpha value is -3.33. The van der Waals surface area contributed by atoms with Gasteiger partial charge in [-0.25, -0.2) is 9.18 Å². The van der Waals surface area contributed by atoms with Gasteiger partial charge < -0.3 is 14.8 Å². The maximum atomic E-state index is 12.9. The van der Waals surface area contributed by atoms with E-state index in [9.17, 15) is 14.0 Å². The first-order valence-corrected chi connectivity index (χ1v) is 8.57. The number of halogens is 1. The number of carbonyl (C=O) groups excluding carboxylic acids is 2. The molecule has 0 aliphatic carbocycles. The molecule has 7 nitrogen and oxygen atoms in total. The lowest BCUT2D eigenvalue weighted by molar-refractivity contribution is 0.0471. The van der Waals surface area contributed by atoms with Crippen molar-refractivity contribution in [3.05, 3.63) is 69.9 Å². The highest BCUT2D eigenvalue weighted by atomic mass is 32.1. The van der Waals surface area contributed by atoms with Crippen LogP contribution in [0.3, 0.4) is 0 Å². The maximum Gasteiger partial charge on any atom is 0.338 e. The fraction of sp³-hybridized carbons (Fsp3) is 0.111. The number of amides is 1. The normalized spacial score (nSPS) is 10.3. The number of benzene rings is 2. The van der Waals surface area contributed by atoms with Crippen LogP contribution >= 0.6 is 11.3 Å². The first-order valence-electron chi connectivity index (χ1n) is 7.75. The van der Waals surface area contributed by atoms with Crippen molar-refractivity contribution in [2.75, 3.05) is 12.4 Å². The van der Waals surface area contributed by atoms with E-state index >= 15 is 0 Å². The van der Waals surface area contributed by atoms with Crippen molar-refractivity contribution in [2.24, 2.45) is 0 Å². The average molecular weight is 387 g/mol. The van der Waals surface area contributed by atoms with Gasteiger partial charge in [0, 0.05) is 5.69 Å². The standard InChI is InChI=1S/C18H14FN3O4S/c1-25-14-8-6-13(7-9-14)20-16(23)17-22-21-15(27-17)10-26-18(24)11-2-4-12(19)5-3-11/h2-9H,10H2,1H3,(H,20,23). The molecule has 0 atom stereocenters. The highest BCUT2D eigenvalue weighted by Crippen LogP contribution is 2.18. The average Bonchev–Trinajstić information content (AvgIpc) is 3.16. The van der Waals surface area contributed by atoms with Crippen molar-refractivity contribution in [1.82, 2.24) is 10.2 Å². The molecule has 0 saturated carbocycles. The highest BCUT2D eigenvalue weighted by molar-refractivity contribution is 7.13. The number of anilines is 1. The second-order valence-corrected chi connectivity index (χ2v) is 6.33. The van der Waals surface area contributed by atoms with Crippen LogP contribution in [0, 0.1) is 5.82 Å². The molecule has 0 bridgehead atoms. The van der Waals surface area contributed by atoms with Crippen LogP contribution in [-0.2, 0) is 11.3 Å². The van der Waals surface area contributed by atoms with Crippen molar-refractivity contribution < 1.29 is 23.5 Å². The number of methoxy groups -OCH3 is 1. The predicted molar refractivity (Wildman–Crippen MR) is 96.4 cm³/mol. The fourth-order valence-electron chi connectivity index (χ4n) is 2.06. The molecule has 9 heteroatoms. The van der Waals surface area contributed by atoms with Crippen LogP contribution < -0.4 is 10.1 Å². The molecule has 0 aliphatic heterocycles. The molecule has 3 rings (SSSR count). The van der Waals surface area contributed by atoms with E-state index in [4.69, 9.17) is 9.47 Å². The quantitative estimate of drug-likeness (QED) is 0.653. The van der Waals surface area contributed by atoms with Gasteiger partial charge in [0.2, 0.25) is 5.01 Å². The number of nitrogens with zero attached hydrogens (tertiary/aromatic N) is 2. The molecule has 1 amide bonds. The van der Waals surface area contributed by atoms with Crippen molar-refractivity contribution in [2.45, 2.75) is 6.61 Å². The van der Waals surface area contributed by atoms with Gasteiger partial charge in [0.25, 0.3) is 5.91 Å². The predicted octanol–water partition coefficient (Wildman–Crippen LogP) is 3.30. The third-order valence-electron chi connectivity index (χ3n) is 3.42. The summed E-state index contributed by atoms with van der Waals surface area (Å²) in [7, 11) is 1.55. The van der Waals surface area contributed by atoms with Crippen molar-refractivity contribution >= 4 is 28.9 Å². The molecule has 0 unspecified atom stereocenters. The van der Waals surface area contributed by atoms with Crippen LogP contribution in [-0.4, -0.2) is 29.2 Å². The van der Waals surface area contributed by atoms with Crippen LogP contribution in [0.2, 0.25) is 0 Å². The molecular weight excluding hydrogens is 373 g/mol. The van der Waals surface area contributed by atoms with E-state index in [1.54, 1.807) is 31.4 Å². The third kappa shape index (κ3) is 4.85. The number of hydrogen-bond acceptors (Lipinski definition) is 7. The molecule has 0 fully saturated rings. The van der Waals surface area contributed by atoms with Gasteiger partial charge in [-0.1, -0.05) is 11.3 Å². The van der Waals surface area contributed by atoms with Gasteiger partial charge >= 0.3 is 5.97 Å². The van der Waals surface area contributed by atoms with Gasteiger partial charge in [0.15, 0.2) is 5.01 Å². The number of nitrogens with one attached hydrogen (secondary N) is 1. The SMILES string of the molecule is COc1ccc(NC(=O)c2nnc(COC(=O)c3ccc(F)cc3)s2)cc1. The zero-order valence-corrected chi connectivity index (χ0v) is 15.0. The van der Waals surface area contributed by atoms with E-state index < -0.39 is 17.7 Å². The first-order chi connectivity index (χ1) is 13.0. The summed E-state index contributed by atoms with van der Waals surface area (Å²) in [5.41, 5.74) is 0.804. The molecular formula is C18H14FN3O4S. The fourth-order valence-corrected chi connectivity index (χ4v) is 2.71. The Morgan fingerprint density at radius 2 is 1.78 bits per heavy atom. The molecule has 0 radical (unpaired) electrons. The zero-order chi connectivity index (χ0) is 19.2. The molecule has 1 heterocycles. The van der Waals surface area contributed by atoms with E-state index in [-0.39, 0.29) is 17.2 Å². The largest absolute Gasteiger partial charge is 0.497 e. The summed E-state index contributed by atoms with van der Waals surface area (Å²) in [5.74, 6) is -0.805. The van der Waals surface area contributed by atoms with E-state index in [1.807, 2.05) is 0 Å². The number of ether oxygens (including phenoxy) is 2. The Morgan fingerprint density at radius 3 is 2.44 bits per heavy atom.